The van der Waals surface area contributed by atoms with Gasteiger partial charge in [-0.15, -0.1) is 0 Å². The predicted octanol–water partition coefficient (Wildman–Crippen LogP) is 1.50. The normalized spacial score (nSPS) is 38.9. The first-order chi connectivity index (χ1) is 9.08. The Hall–Kier alpha value is -0.130. The molecular weight excluding hydrogens is 262 g/mol. The van der Waals surface area contributed by atoms with Crippen molar-refractivity contribution in [2.75, 3.05) is 18.9 Å². The summed E-state index contributed by atoms with van der Waals surface area (Å²) in [5.74, 6) is 0.386. The van der Waals surface area contributed by atoms with Crippen molar-refractivity contribution in [3.05, 3.63) is 0 Å². The largest absolute Gasteiger partial charge is 0.378 e. The Bertz CT molecular complexity index is 430. The average Bonchev–Trinajstić information content (AvgIpc) is 2.60. The summed E-state index contributed by atoms with van der Waals surface area (Å²) in [5.41, 5.74) is 0.332. The van der Waals surface area contributed by atoms with Crippen LogP contribution in [0.2, 0.25) is 0 Å². The maximum absolute atomic E-state index is 11.8. The Morgan fingerprint density at radius 1 is 1.32 bits per heavy atom. The number of hydrogen-bond acceptors (Lipinski definition) is 4. The van der Waals surface area contributed by atoms with Crippen LogP contribution in [0.5, 0.6) is 0 Å². The second-order valence-corrected chi connectivity index (χ2v) is 8.76. The van der Waals surface area contributed by atoms with E-state index in [1.54, 1.807) is 0 Å². The molecule has 4 nitrogen and oxygen atoms in total. The van der Waals surface area contributed by atoms with Crippen LogP contribution < -0.4 is 5.32 Å². The lowest BCUT2D eigenvalue weighted by Crippen LogP contribution is -2.67. The van der Waals surface area contributed by atoms with E-state index in [1.165, 1.54) is 19.3 Å². The molecule has 2 saturated carbocycles. The molecule has 0 amide bonds. The lowest BCUT2D eigenvalue weighted by molar-refractivity contribution is -0.172. The van der Waals surface area contributed by atoms with E-state index in [0.717, 1.165) is 25.9 Å². The molecule has 3 fully saturated rings. The Balaban J connectivity index is 1.54. The maximum Gasteiger partial charge on any atom is 0.154 e. The fourth-order valence-corrected chi connectivity index (χ4v) is 5.86. The van der Waals surface area contributed by atoms with Gasteiger partial charge in [0.15, 0.2) is 9.84 Å². The van der Waals surface area contributed by atoms with Crippen molar-refractivity contribution in [2.24, 2.45) is 5.41 Å². The summed E-state index contributed by atoms with van der Waals surface area (Å²) in [6, 6.07) is 0.480. The molecule has 19 heavy (non-hydrogen) atoms. The molecule has 0 aromatic heterocycles. The van der Waals surface area contributed by atoms with Crippen molar-refractivity contribution < 1.29 is 13.2 Å². The van der Waals surface area contributed by atoms with Crippen LogP contribution in [0, 0.1) is 5.41 Å². The molecule has 1 saturated heterocycles. The van der Waals surface area contributed by atoms with Crippen LogP contribution in [-0.4, -0.2) is 44.7 Å². The Labute approximate surface area is 116 Å². The molecule has 0 bridgehead atoms. The van der Waals surface area contributed by atoms with Gasteiger partial charge < -0.3 is 10.1 Å². The predicted molar refractivity (Wildman–Crippen MR) is 74.9 cm³/mol. The average molecular weight is 287 g/mol. The molecular formula is C14H25NO3S. The second kappa shape index (κ2) is 5.01. The van der Waals surface area contributed by atoms with Crippen LogP contribution in [0.3, 0.4) is 0 Å². The van der Waals surface area contributed by atoms with Gasteiger partial charge in [0.05, 0.1) is 17.1 Å². The van der Waals surface area contributed by atoms with E-state index in [4.69, 9.17) is 4.74 Å². The van der Waals surface area contributed by atoms with E-state index >= 15 is 0 Å². The molecule has 0 radical (unpaired) electrons. The van der Waals surface area contributed by atoms with Gasteiger partial charge in [-0.1, -0.05) is 6.42 Å². The standard InChI is InChI=1S/C14H25NO3S/c1-2-18-13-9-12(14(13)6-4-7-14)15-10-11-5-3-8-19(11,16)17/h11-13,15H,2-10H2,1H3. The first-order valence-corrected chi connectivity index (χ1v) is 9.36. The highest BCUT2D eigenvalue weighted by Gasteiger charge is 2.58. The molecule has 0 aromatic carbocycles. The Kier molecular flexibility index (Phi) is 3.65. The molecule has 3 aliphatic rings. The zero-order valence-electron chi connectivity index (χ0n) is 11.7. The molecule has 5 heteroatoms. The van der Waals surface area contributed by atoms with Crippen LogP contribution in [0.1, 0.15) is 45.4 Å². The minimum atomic E-state index is -2.81. The number of hydrogen-bond donors (Lipinski definition) is 1. The van der Waals surface area contributed by atoms with Gasteiger partial charge in [-0.25, -0.2) is 8.42 Å². The molecule has 1 spiro atoms. The fraction of sp³-hybridized carbons (Fsp3) is 1.00. The van der Waals surface area contributed by atoms with Crippen LogP contribution in [-0.2, 0) is 14.6 Å². The molecule has 3 unspecified atom stereocenters. The minimum absolute atomic E-state index is 0.143. The lowest BCUT2D eigenvalue weighted by Gasteiger charge is -2.61. The highest BCUT2D eigenvalue weighted by Crippen LogP contribution is 2.57. The maximum atomic E-state index is 11.8. The summed E-state index contributed by atoms with van der Waals surface area (Å²) in [6.45, 7) is 3.49. The third-order valence-electron chi connectivity index (χ3n) is 5.49. The first-order valence-electron chi connectivity index (χ1n) is 7.65. The number of rotatable bonds is 5. The van der Waals surface area contributed by atoms with Gasteiger partial charge >= 0.3 is 0 Å². The van der Waals surface area contributed by atoms with Crippen molar-refractivity contribution in [1.29, 1.82) is 0 Å². The van der Waals surface area contributed by atoms with Gasteiger partial charge in [0.1, 0.15) is 0 Å². The summed E-state index contributed by atoms with van der Waals surface area (Å²) >= 11 is 0. The number of ether oxygens (including phenoxy) is 1. The van der Waals surface area contributed by atoms with Crippen molar-refractivity contribution in [3.63, 3.8) is 0 Å². The van der Waals surface area contributed by atoms with E-state index in [0.29, 0.717) is 29.9 Å². The van der Waals surface area contributed by atoms with Gasteiger partial charge in [-0.05, 0) is 39.0 Å². The summed E-state index contributed by atoms with van der Waals surface area (Å²) in [5, 5.41) is 3.40. The number of nitrogens with one attached hydrogen (secondary N) is 1. The van der Waals surface area contributed by atoms with E-state index in [9.17, 15) is 8.42 Å². The molecule has 110 valence electrons. The second-order valence-electron chi connectivity index (χ2n) is 6.36. The van der Waals surface area contributed by atoms with Crippen LogP contribution in [0.4, 0.5) is 0 Å². The van der Waals surface area contributed by atoms with Crippen molar-refractivity contribution >= 4 is 9.84 Å². The SMILES string of the molecule is CCOC1CC(NCC2CCCS2(=O)=O)C12CCC2. The summed E-state index contributed by atoms with van der Waals surface area (Å²) in [6.07, 6.45) is 6.92. The van der Waals surface area contributed by atoms with Crippen LogP contribution in [0.25, 0.3) is 0 Å². The summed E-state index contributed by atoms with van der Waals surface area (Å²) < 4.78 is 29.5. The molecule has 1 N–H and O–H groups in total. The summed E-state index contributed by atoms with van der Waals surface area (Å²) in [7, 11) is -2.81. The van der Waals surface area contributed by atoms with Gasteiger partial charge in [0.25, 0.3) is 0 Å². The van der Waals surface area contributed by atoms with Gasteiger partial charge in [-0.3, -0.25) is 0 Å². The smallest absolute Gasteiger partial charge is 0.154 e. The molecule has 1 aliphatic heterocycles. The summed E-state index contributed by atoms with van der Waals surface area (Å²) in [4.78, 5) is 0. The zero-order valence-corrected chi connectivity index (χ0v) is 12.5. The monoisotopic (exact) mass is 287 g/mol. The van der Waals surface area contributed by atoms with E-state index in [1.807, 2.05) is 0 Å². The third kappa shape index (κ3) is 2.24. The third-order valence-corrected chi connectivity index (χ3v) is 7.77. The lowest BCUT2D eigenvalue weighted by atomic mass is 9.51. The number of sulfone groups is 1. The highest BCUT2D eigenvalue weighted by atomic mass is 32.2. The van der Waals surface area contributed by atoms with Gasteiger partial charge in [0.2, 0.25) is 0 Å². The fourth-order valence-electron chi connectivity index (χ4n) is 4.09. The van der Waals surface area contributed by atoms with Gasteiger partial charge in [0, 0.05) is 24.6 Å². The van der Waals surface area contributed by atoms with Crippen LogP contribution in [0.15, 0.2) is 0 Å². The highest BCUT2D eigenvalue weighted by molar-refractivity contribution is 7.92. The van der Waals surface area contributed by atoms with Crippen molar-refractivity contribution in [3.8, 4) is 0 Å². The minimum Gasteiger partial charge on any atom is -0.378 e. The van der Waals surface area contributed by atoms with E-state index < -0.39 is 9.84 Å². The first kappa shape index (κ1) is 13.8. The zero-order chi connectivity index (χ0) is 13.5. The van der Waals surface area contributed by atoms with Crippen molar-refractivity contribution in [2.45, 2.75) is 62.8 Å². The molecule has 3 rings (SSSR count). The van der Waals surface area contributed by atoms with Crippen molar-refractivity contribution in [1.82, 2.24) is 5.32 Å². The molecule has 3 atom stereocenters. The quantitative estimate of drug-likeness (QED) is 0.832. The molecule has 0 aromatic rings. The molecule has 2 aliphatic carbocycles. The topological polar surface area (TPSA) is 55.4 Å². The van der Waals surface area contributed by atoms with Crippen LogP contribution >= 0.6 is 0 Å². The van der Waals surface area contributed by atoms with E-state index in [-0.39, 0.29) is 5.25 Å². The Morgan fingerprint density at radius 2 is 2.11 bits per heavy atom. The van der Waals surface area contributed by atoms with E-state index in [2.05, 4.69) is 12.2 Å². The Morgan fingerprint density at radius 3 is 2.63 bits per heavy atom. The van der Waals surface area contributed by atoms with Gasteiger partial charge in [-0.2, -0.15) is 0 Å². The molecule has 1 heterocycles.